The highest BCUT2D eigenvalue weighted by atomic mass is 16.6. The number of rotatable bonds is 5. The molecule has 1 aliphatic heterocycles. The third-order valence-corrected chi connectivity index (χ3v) is 4.19. The van der Waals surface area contributed by atoms with E-state index in [9.17, 15) is 10.1 Å². The van der Waals surface area contributed by atoms with Crippen molar-refractivity contribution in [1.82, 2.24) is 5.32 Å². The molecular formula is C18H20N2O4. The molecule has 0 saturated carbocycles. The maximum Gasteiger partial charge on any atom is 0.269 e. The van der Waals surface area contributed by atoms with E-state index in [0.29, 0.717) is 12.4 Å². The minimum absolute atomic E-state index is 0.0966. The summed E-state index contributed by atoms with van der Waals surface area (Å²) in [6, 6.07) is 10.6. The number of methoxy groups -OCH3 is 1. The van der Waals surface area contributed by atoms with Gasteiger partial charge in [0.1, 0.15) is 0 Å². The van der Waals surface area contributed by atoms with Crippen molar-refractivity contribution in [2.75, 3.05) is 20.3 Å². The van der Waals surface area contributed by atoms with Crippen LogP contribution < -0.4 is 14.8 Å². The van der Waals surface area contributed by atoms with Crippen LogP contribution in [0, 0.1) is 10.1 Å². The largest absolute Gasteiger partial charge is 0.493 e. The van der Waals surface area contributed by atoms with Crippen molar-refractivity contribution in [3.8, 4) is 11.5 Å². The van der Waals surface area contributed by atoms with Crippen molar-refractivity contribution >= 4 is 5.69 Å². The number of nitrogens with zero attached hydrogens (tertiary/aromatic N) is 1. The highest BCUT2D eigenvalue weighted by molar-refractivity contribution is 5.52. The van der Waals surface area contributed by atoms with Crippen LogP contribution in [0.3, 0.4) is 0 Å². The molecule has 1 aliphatic rings. The number of non-ortho nitro benzene ring substituents is 1. The van der Waals surface area contributed by atoms with Gasteiger partial charge in [0.2, 0.25) is 0 Å². The van der Waals surface area contributed by atoms with E-state index in [0.717, 1.165) is 29.8 Å². The Morgan fingerprint density at radius 2 is 2.12 bits per heavy atom. The minimum atomic E-state index is -0.369. The molecule has 0 aromatic heterocycles. The number of ether oxygens (including phenoxy) is 2. The van der Waals surface area contributed by atoms with Gasteiger partial charge in [-0.25, -0.2) is 0 Å². The Morgan fingerprint density at radius 1 is 1.29 bits per heavy atom. The van der Waals surface area contributed by atoms with Gasteiger partial charge in [-0.3, -0.25) is 10.1 Å². The van der Waals surface area contributed by atoms with Crippen LogP contribution >= 0.6 is 0 Å². The summed E-state index contributed by atoms with van der Waals surface area (Å²) in [5.74, 6) is 1.41. The van der Waals surface area contributed by atoms with E-state index in [-0.39, 0.29) is 16.7 Å². The lowest BCUT2D eigenvalue weighted by molar-refractivity contribution is -0.384. The van der Waals surface area contributed by atoms with Crippen LogP contribution in [0.5, 0.6) is 11.5 Å². The first-order valence-corrected chi connectivity index (χ1v) is 7.95. The first-order chi connectivity index (χ1) is 11.6. The molecule has 24 heavy (non-hydrogen) atoms. The number of hydrogen-bond acceptors (Lipinski definition) is 5. The quantitative estimate of drug-likeness (QED) is 0.674. The zero-order valence-corrected chi connectivity index (χ0v) is 13.7. The standard InChI is InChI=1S/C18H20N2O4/c1-3-24-17-10-12-7-8-19-18(15(12)11-16(17)23-2)13-5-4-6-14(9-13)20(21)22/h4-6,9-11,18-19H,3,7-8H2,1-2H3. The zero-order chi connectivity index (χ0) is 17.1. The Balaban J connectivity index is 2.05. The van der Waals surface area contributed by atoms with Gasteiger partial charge in [-0.05, 0) is 42.2 Å². The lowest BCUT2D eigenvalue weighted by Gasteiger charge is -2.28. The van der Waals surface area contributed by atoms with E-state index in [2.05, 4.69) is 5.32 Å². The summed E-state index contributed by atoms with van der Waals surface area (Å²) in [7, 11) is 1.61. The lowest BCUT2D eigenvalue weighted by Crippen LogP contribution is -2.30. The molecule has 6 heteroatoms. The fourth-order valence-electron chi connectivity index (χ4n) is 3.11. The monoisotopic (exact) mass is 328 g/mol. The van der Waals surface area contributed by atoms with Gasteiger partial charge in [0.05, 0.1) is 24.7 Å². The van der Waals surface area contributed by atoms with E-state index in [1.54, 1.807) is 19.2 Å². The molecule has 0 spiro atoms. The third-order valence-electron chi connectivity index (χ3n) is 4.19. The predicted octanol–water partition coefficient (Wildman–Crippen LogP) is 3.24. The van der Waals surface area contributed by atoms with Crippen molar-refractivity contribution in [2.24, 2.45) is 0 Å². The van der Waals surface area contributed by atoms with Gasteiger partial charge < -0.3 is 14.8 Å². The average molecular weight is 328 g/mol. The molecule has 1 unspecified atom stereocenters. The van der Waals surface area contributed by atoms with Crippen LogP contribution in [0.4, 0.5) is 5.69 Å². The van der Waals surface area contributed by atoms with Gasteiger partial charge in [0, 0.05) is 18.7 Å². The topological polar surface area (TPSA) is 73.6 Å². The molecule has 0 fully saturated rings. The summed E-state index contributed by atoms with van der Waals surface area (Å²) in [6.45, 7) is 3.31. The second-order valence-electron chi connectivity index (χ2n) is 5.62. The van der Waals surface area contributed by atoms with Crippen molar-refractivity contribution in [3.05, 3.63) is 63.2 Å². The number of nitrogens with one attached hydrogen (secondary N) is 1. The molecule has 6 nitrogen and oxygen atoms in total. The average Bonchev–Trinajstić information content (AvgIpc) is 2.61. The van der Waals surface area contributed by atoms with Crippen molar-refractivity contribution in [2.45, 2.75) is 19.4 Å². The molecule has 0 aliphatic carbocycles. The fourth-order valence-corrected chi connectivity index (χ4v) is 3.11. The van der Waals surface area contributed by atoms with Gasteiger partial charge >= 0.3 is 0 Å². The fraction of sp³-hybridized carbons (Fsp3) is 0.333. The molecule has 1 heterocycles. The zero-order valence-electron chi connectivity index (χ0n) is 13.7. The first kappa shape index (κ1) is 16.3. The molecule has 0 bridgehead atoms. The highest BCUT2D eigenvalue weighted by Gasteiger charge is 2.25. The summed E-state index contributed by atoms with van der Waals surface area (Å²) >= 11 is 0. The van der Waals surface area contributed by atoms with Crippen LogP contribution in [-0.4, -0.2) is 25.2 Å². The Hall–Kier alpha value is -2.60. The predicted molar refractivity (Wildman–Crippen MR) is 90.8 cm³/mol. The lowest BCUT2D eigenvalue weighted by atomic mass is 9.89. The maximum atomic E-state index is 11.0. The maximum absolute atomic E-state index is 11.0. The summed E-state index contributed by atoms with van der Waals surface area (Å²) in [5, 5.41) is 14.5. The molecule has 3 rings (SSSR count). The first-order valence-electron chi connectivity index (χ1n) is 7.95. The second-order valence-corrected chi connectivity index (χ2v) is 5.62. The number of nitro benzene ring substituents is 1. The summed E-state index contributed by atoms with van der Waals surface area (Å²) in [5.41, 5.74) is 3.22. The van der Waals surface area contributed by atoms with E-state index in [4.69, 9.17) is 9.47 Å². The Bertz CT molecular complexity index is 761. The molecule has 0 saturated heterocycles. The third kappa shape index (κ3) is 3.05. The van der Waals surface area contributed by atoms with Gasteiger partial charge in [0.25, 0.3) is 5.69 Å². The molecular weight excluding hydrogens is 308 g/mol. The Kier molecular flexibility index (Phi) is 4.66. The number of fused-ring (bicyclic) bond motifs is 1. The highest BCUT2D eigenvalue weighted by Crippen LogP contribution is 2.38. The molecule has 0 radical (unpaired) electrons. The normalized spacial score (nSPS) is 16.3. The van der Waals surface area contributed by atoms with Gasteiger partial charge in [-0.2, -0.15) is 0 Å². The summed E-state index contributed by atoms with van der Waals surface area (Å²) < 4.78 is 11.1. The molecule has 1 atom stereocenters. The smallest absolute Gasteiger partial charge is 0.269 e. The number of nitro groups is 1. The number of hydrogen-bond donors (Lipinski definition) is 1. The number of benzene rings is 2. The van der Waals surface area contributed by atoms with E-state index >= 15 is 0 Å². The van der Waals surface area contributed by atoms with Crippen molar-refractivity contribution in [1.29, 1.82) is 0 Å². The minimum Gasteiger partial charge on any atom is -0.493 e. The molecule has 1 N–H and O–H groups in total. The van der Waals surface area contributed by atoms with Crippen LogP contribution in [0.25, 0.3) is 0 Å². The van der Waals surface area contributed by atoms with Gasteiger partial charge in [-0.1, -0.05) is 12.1 Å². The van der Waals surface area contributed by atoms with Crippen LogP contribution in [0.15, 0.2) is 36.4 Å². The van der Waals surface area contributed by atoms with E-state index < -0.39 is 0 Å². The van der Waals surface area contributed by atoms with E-state index in [1.165, 1.54) is 11.6 Å². The summed E-state index contributed by atoms with van der Waals surface area (Å²) in [6.07, 6.45) is 0.880. The van der Waals surface area contributed by atoms with Crippen molar-refractivity contribution in [3.63, 3.8) is 0 Å². The SMILES string of the molecule is CCOc1cc2c(cc1OC)C(c1cccc([N+](=O)[O-])c1)NCC2. The Labute approximate surface area is 140 Å². The van der Waals surface area contributed by atoms with Crippen LogP contribution in [0.1, 0.15) is 29.7 Å². The van der Waals surface area contributed by atoms with Gasteiger partial charge in [-0.15, -0.1) is 0 Å². The van der Waals surface area contributed by atoms with Crippen molar-refractivity contribution < 1.29 is 14.4 Å². The summed E-state index contributed by atoms with van der Waals surface area (Å²) in [4.78, 5) is 10.7. The second kappa shape index (κ2) is 6.88. The van der Waals surface area contributed by atoms with Crippen LogP contribution in [-0.2, 0) is 6.42 Å². The molecule has 126 valence electrons. The van der Waals surface area contributed by atoms with Crippen LogP contribution in [0.2, 0.25) is 0 Å². The van der Waals surface area contributed by atoms with Gasteiger partial charge in [0.15, 0.2) is 11.5 Å². The van der Waals surface area contributed by atoms with E-state index in [1.807, 2.05) is 25.1 Å². The Morgan fingerprint density at radius 3 is 2.83 bits per heavy atom. The molecule has 0 amide bonds. The molecule has 2 aromatic carbocycles. The molecule has 2 aromatic rings.